The largest absolute Gasteiger partial charge is 0.465 e. The Morgan fingerprint density at radius 3 is 2.89 bits per heavy atom. The SMILES string of the molecule is CCOC(=O)Cn1c(CCl)nc2cc(F)c(Cl)cc21. The number of hydrogen-bond donors (Lipinski definition) is 0. The van der Waals surface area contributed by atoms with Gasteiger partial charge in [-0.15, -0.1) is 11.6 Å². The van der Waals surface area contributed by atoms with Crippen LogP contribution in [-0.4, -0.2) is 22.1 Å². The molecule has 0 N–H and O–H groups in total. The zero-order valence-electron chi connectivity index (χ0n) is 10.1. The lowest BCUT2D eigenvalue weighted by Gasteiger charge is -2.07. The first kappa shape index (κ1) is 14.1. The Hall–Kier alpha value is -1.33. The van der Waals surface area contributed by atoms with Crippen LogP contribution in [0, 0.1) is 5.82 Å². The molecule has 0 atom stereocenters. The molecule has 1 heterocycles. The maximum Gasteiger partial charge on any atom is 0.326 e. The lowest BCUT2D eigenvalue weighted by molar-refractivity contribution is -0.143. The number of nitrogens with zero attached hydrogens (tertiary/aromatic N) is 2. The monoisotopic (exact) mass is 304 g/mol. The maximum atomic E-state index is 13.4. The maximum absolute atomic E-state index is 13.4. The Morgan fingerprint density at radius 2 is 2.26 bits per heavy atom. The van der Waals surface area contributed by atoms with E-state index < -0.39 is 11.8 Å². The predicted molar refractivity (Wildman–Crippen MR) is 70.9 cm³/mol. The van der Waals surface area contributed by atoms with Gasteiger partial charge < -0.3 is 9.30 Å². The fourth-order valence-electron chi connectivity index (χ4n) is 1.78. The number of aromatic nitrogens is 2. The number of carbonyl (C=O) groups is 1. The number of hydrogen-bond acceptors (Lipinski definition) is 3. The second-order valence-corrected chi connectivity index (χ2v) is 4.48. The van der Waals surface area contributed by atoms with Gasteiger partial charge in [-0.1, -0.05) is 11.6 Å². The van der Waals surface area contributed by atoms with Gasteiger partial charge in [0.05, 0.1) is 28.5 Å². The third-order valence-electron chi connectivity index (χ3n) is 2.58. The molecule has 0 aliphatic heterocycles. The molecule has 0 saturated carbocycles. The van der Waals surface area contributed by atoms with Crippen molar-refractivity contribution in [1.29, 1.82) is 0 Å². The number of rotatable bonds is 4. The molecule has 102 valence electrons. The molecule has 0 aliphatic carbocycles. The van der Waals surface area contributed by atoms with E-state index in [4.69, 9.17) is 27.9 Å². The van der Waals surface area contributed by atoms with Crippen LogP contribution >= 0.6 is 23.2 Å². The standard InChI is InChI=1S/C12H11Cl2FN2O2/c1-2-19-12(18)6-17-10-3-7(14)8(15)4-9(10)16-11(17)5-13/h3-4H,2,5-6H2,1H3. The van der Waals surface area contributed by atoms with Crippen LogP contribution in [0.5, 0.6) is 0 Å². The fourth-order valence-corrected chi connectivity index (χ4v) is 2.15. The normalized spacial score (nSPS) is 10.9. The molecule has 2 rings (SSSR count). The summed E-state index contributed by atoms with van der Waals surface area (Å²) in [4.78, 5) is 15.7. The Labute approximate surface area is 119 Å². The van der Waals surface area contributed by atoms with Gasteiger partial charge in [0.25, 0.3) is 0 Å². The number of halogens is 3. The van der Waals surface area contributed by atoms with Crippen molar-refractivity contribution in [3.05, 3.63) is 28.8 Å². The summed E-state index contributed by atoms with van der Waals surface area (Å²) in [6.45, 7) is 1.98. The van der Waals surface area contributed by atoms with Crippen LogP contribution in [0.4, 0.5) is 4.39 Å². The van der Waals surface area contributed by atoms with Crippen molar-refractivity contribution in [3.63, 3.8) is 0 Å². The molecule has 0 unspecified atom stereocenters. The van der Waals surface area contributed by atoms with Crippen LogP contribution in [0.2, 0.25) is 5.02 Å². The van der Waals surface area contributed by atoms with E-state index in [2.05, 4.69) is 4.98 Å². The summed E-state index contributed by atoms with van der Waals surface area (Å²) in [7, 11) is 0. The highest BCUT2D eigenvalue weighted by atomic mass is 35.5. The molecular formula is C12H11Cl2FN2O2. The first-order chi connectivity index (χ1) is 9.06. The van der Waals surface area contributed by atoms with E-state index in [-0.39, 0.29) is 24.1 Å². The quantitative estimate of drug-likeness (QED) is 0.644. The molecule has 1 aromatic carbocycles. The second kappa shape index (κ2) is 5.75. The zero-order chi connectivity index (χ0) is 14.0. The number of carbonyl (C=O) groups excluding carboxylic acids is 1. The first-order valence-corrected chi connectivity index (χ1v) is 6.53. The van der Waals surface area contributed by atoms with Gasteiger partial charge in [-0.3, -0.25) is 4.79 Å². The molecule has 0 bridgehead atoms. The van der Waals surface area contributed by atoms with Gasteiger partial charge >= 0.3 is 5.97 Å². The van der Waals surface area contributed by atoms with Crippen molar-refractivity contribution in [2.45, 2.75) is 19.3 Å². The molecule has 0 fully saturated rings. The molecule has 7 heteroatoms. The highest BCUT2D eigenvalue weighted by molar-refractivity contribution is 6.31. The number of imidazole rings is 1. The molecule has 0 radical (unpaired) electrons. The van der Waals surface area contributed by atoms with Crippen LogP contribution in [0.15, 0.2) is 12.1 Å². The van der Waals surface area contributed by atoms with E-state index in [0.717, 1.165) is 0 Å². The van der Waals surface area contributed by atoms with Crippen molar-refractivity contribution in [2.75, 3.05) is 6.61 Å². The molecule has 1 aromatic heterocycles. The summed E-state index contributed by atoms with van der Waals surface area (Å²) in [6, 6.07) is 2.64. The summed E-state index contributed by atoms with van der Waals surface area (Å²) in [5.74, 6) is -0.399. The average molecular weight is 305 g/mol. The van der Waals surface area contributed by atoms with Crippen LogP contribution in [0.25, 0.3) is 11.0 Å². The van der Waals surface area contributed by atoms with Crippen LogP contribution in [0.1, 0.15) is 12.7 Å². The van der Waals surface area contributed by atoms with Gasteiger partial charge in [0, 0.05) is 6.07 Å². The van der Waals surface area contributed by atoms with Crippen molar-refractivity contribution < 1.29 is 13.9 Å². The number of alkyl halides is 1. The molecule has 0 aliphatic rings. The topological polar surface area (TPSA) is 44.1 Å². The van der Waals surface area contributed by atoms with Gasteiger partial charge in [0.2, 0.25) is 0 Å². The highest BCUT2D eigenvalue weighted by Crippen LogP contribution is 2.24. The minimum atomic E-state index is -0.559. The van der Waals surface area contributed by atoms with Gasteiger partial charge in [0.15, 0.2) is 0 Å². The molecule has 0 amide bonds. The molecule has 2 aromatic rings. The fraction of sp³-hybridized carbons (Fsp3) is 0.333. The van der Waals surface area contributed by atoms with E-state index in [1.165, 1.54) is 12.1 Å². The summed E-state index contributed by atoms with van der Waals surface area (Å²) in [5.41, 5.74) is 0.956. The number of ether oxygens (including phenoxy) is 1. The lowest BCUT2D eigenvalue weighted by Crippen LogP contribution is -2.15. The molecule has 4 nitrogen and oxygen atoms in total. The number of fused-ring (bicyclic) bond motifs is 1. The Morgan fingerprint density at radius 1 is 1.53 bits per heavy atom. The summed E-state index contributed by atoms with van der Waals surface area (Å²) >= 11 is 11.5. The summed E-state index contributed by atoms with van der Waals surface area (Å²) in [5, 5.41) is -0.0290. The zero-order valence-corrected chi connectivity index (χ0v) is 11.6. The van der Waals surface area contributed by atoms with Gasteiger partial charge in [0.1, 0.15) is 18.2 Å². The minimum Gasteiger partial charge on any atom is -0.465 e. The third-order valence-corrected chi connectivity index (χ3v) is 3.11. The van der Waals surface area contributed by atoms with Gasteiger partial charge in [-0.2, -0.15) is 0 Å². The van der Waals surface area contributed by atoms with Crippen molar-refractivity contribution in [1.82, 2.24) is 9.55 Å². The Kier molecular flexibility index (Phi) is 4.27. The second-order valence-electron chi connectivity index (χ2n) is 3.81. The van der Waals surface area contributed by atoms with Crippen molar-refractivity contribution >= 4 is 40.2 Å². The van der Waals surface area contributed by atoms with E-state index in [1.54, 1.807) is 11.5 Å². The van der Waals surface area contributed by atoms with E-state index in [9.17, 15) is 9.18 Å². The van der Waals surface area contributed by atoms with E-state index in [1.807, 2.05) is 0 Å². The lowest BCUT2D eigenvalue weighted by atomic mass is 10.3. The highest BCUT2D eigenvalue weighted by Gasteiger charge is 2.15. The molecule has 0 saturated heterocycles. The summed E-state index contributed by atoms with van der Waals surface area (Å²) in [6.07, 6.45) is 0. The van der Waals surface area contributed by atoms with Crippen molar-refractivity contribution in [3.8, 4) is 0 Å². The van der Waals surface area contributed by atoms with Crippen LogP contribution < -0.4 is 0 Å². The smallest absolute Gasteiger partial charge is 0.326 e. The number of esters is 1. The third kappa shape index (κ3) is 2.82. The summed E-state index contributed by atoms with van der Waals surface area (Å²) < 4.78 is 19.8. The van der Waals surface area contributed by atoms with Crippen LogP contribution in [-0.2, 0) is 22.0 Å². The minimum absolute atomic E-state index is 0.0290. The van der Waals surface area contributed by atoms with E-state index >= 15 is 0 Å². The van der Waals surface area contributed by atoms with Crippen molar-refractivity contribution in [2.24, 2.45) is 0 Å². The van der Waals surface area contributed by atoms with Gasteiger partial charge in [-0.05, 0) is 13.0 Å². The Balaban J connectivity index is 2.50. The Bertz CT molecular complexity index is 628. The number of benzene rings is 1. The molecule has 0 spiro atoms. The average Bonchev–Trinajstić information content (AvgIpc) is 2.68. The van der Waals surface area contributed by atoms with Gasteiger partial charge in [-0.25, -0.2) is 9.37 Å². The molecule has 19 heavy (non-hydrogen) atoms. The first-order valence-electron chi connectivity index (χ1n) is 5.62. The van der Waals surface area contributed by atoms with Crippen LogP contribution in [0.3, 0.4) is 0 Å². The predicted octanol–water partition coefficient (Wildman–Crippen LogP) is 3.13. The van der Waals surface area contributed by atoms with E-state index in [0.29, 0.717) is 16.9 Å². The molecular weight excluding hydrogens is 294 g/mol.